The second-order valence-corrected chi connectivity index (χ2v) is 13.7. The van der Waals surface area contributed by atoms with Crippen molar-refractivity contribution >= 4 is 11.9 Å². The Morgan fingerprint density at radius 1 is 0.562 bits per heavy atom. The molecule has 0 amide bonds. The van der Waals surface area contributed by atoms with E-state index in [0.29, 0.717) is 19.4 Å². The van der Waals surface area contributed by atoms with Gasteiger partial charge in [0.2, 0.25) is 0 Å². The maximum atomic E-state index is 12.6. The van der Waals surface area contributed by atoms with Gasteiger partial charge >= 0.3 is 11.9 Å². The lowest BCUT2D eigenvalue weighted by atomic mass is 10.1. The van der Waals surface area contributed by atoms with Crippen molar-refractivity contribution in [2.24, 2.45) is 0 Å². The van der Waals surface area contributed by atoms with E-state index in [2.05, 4.69) is 50.0 Å². The van der Waals surface area contributed by atoms with Crippen LogP contribution in [0.15, 0.2) is 24.3 Å². The standard InChI is InChI=1S/C42H79NO5/c1-4-7-10-13-15-23-30-39-47-41(45)33-26-19-16-21-28-35-43(37-38-44)36-29-22-17-20-27-34-42(46)48-40(31-24-12-9-6-3)32-25-18-14-11-8-5-2/h9,12,14,18,40,44H,4-8,10-11,13,15-17,19-39H2,1-3H3/b12-9-,18-14-. The third-order valence-corrected chi connectivity index (χ3v) is 9.04. The summed E-state index contributed by atoms with van der Waals surface area (Å²) in [5.41, 5.74) is 0. The van der Waals surface area contributed by atoms with Gasteiger partial charge in [0.1, 0.15) is 6.10 Å². The first kappa shape index (κ1) is 46.3. The SMILES string of the molecule is CC/C=C\CCC(CC/C=C\CCCC)OC(=O)CCCCCCCN(CCO)CCCCCCCC(=O)OCCCCCCCCC. The number of aliphatic hydroxyl groups excluding tert-OH is 1. The summed E-state index contributed by atoms with van der Waals surface area (Å²) in [6, 6.07) is 0. The van der Waals surface area contributed by atoms with E-state index in [9.17, 15) is 14.7 Å². The Morgan fingerprint density at radius 3 is 1.65 bits per heavy atom. The van der Waals surface area contributed by atoms with Gasteiger partial charge in [0.05, 0.1) is 13.2 Å². The maximum absolute atomic E-state index is 12.6. The monoisotopic (exact) mass is 678 g/mol. The van der Waals surface area contributed by atoms with Gasteiger partial charge in [-0.15, -0.1) is 0 Å². The number of rotatable bonds is 37. The molecule has 0 aliphatic carbocycles. The first-order valence-electron chi connectivity index (χ1n) is 20.6. The highest BCUT2D eigenvalue weighted by molar-refractivity contribution is 5.69. The Bertz CT molecular complexity index is 752. The quantitative estimate of drug-likeness (QED) is 0.0401. The molecule has 1 atom stereocenters. The highest BCUT2D eigenvalue weighted by atomic mass is 16.5. The minimum atomic E-state index is -0.0395. The molecule has 0 rings (SSSR count). The van der Waals surface area contributed by atoms with Crippen molar-refractivity contribution in [2.45, 2.75) is 200 Å². The van der Waals surface area contributed by atoms with Gasteiger partial charge in [-0.25, -0.2) is 0 Å². The molecule has 0 radical (unpaired) electrons. The van der Waals surface area contributed by atoms with Crippen LogP contribution >= 0.6 is 0 Å². The molecule has 1 unspecified atom stereocenters. The number of aliphatic hydroxyl groups is 1. The molecule has 282 valence electrons. The first-order chi connectivity index (χ1) is 23.6. The van der Waals surface area contributed by atoms with E-state index >= 15 is 0 Å². The van der Waals surface area contributed by atoms with Crippen LogP contribution < -0.4 is 0 Å². The summed E-state index contributed by atoms with van der Waals surface area (Å²) in [6.07, 6.45) is 37.9. The maximum Gasteiger partial charge on any atom is 0.306 e. The summed E-state index contributed by atoms with van der Waals surface area (Å²) in [5.74, 6) is -0.0753. The molecular formula is C42H79NO5. The summed E-state index contributed by atoms with van der Waals surface area (Å²) in [4.78, 5) is 26.9. The van der Waals surface area contributed by atoms with Crippen molar-refractivity contribution < 1.29 is 24.2 Å². The Hall–Kier alpha value is -1.66. The predicted molar refractivity (Wildman–Crippen MR) is 204 cm³/mol. The van der Waals surface area contributed by atoms with Crippen LogP contribution in [0.25, 0.3) is 0 Å². The van der Waals surface area contributed by atoms with Gasteiger partial charge in [-0.1, -0.05) is 135 Å². The topological polar surface area (TPSA) is 76.1 Å². The summed E-state index contributed by atoms with van der Waals surface area (Å²) >= 11 is 0. The zero-order valence-corrected chi connectivity index (χ0v) is 32.0. The molecule has 0 aliphatic rings. The molecule has 0 saturated carbocycles. The van der Waals surface area contributed by atoms with E-state index in [1.165, 1.54) is 51.4 Å². The molecule has 0 aromatic rings. The number of esters is 2. The lowest BCUT2D eigenvalue weighted by Crippen LogP contribution is -2.29. The van der Waals surface area contributed by atoms with E-state index in [1.807, 2.05) is 0 Å². The van der Waals surface area contributed by atoms with E-state index in [4.69, 9.17) is 9.47 Å². The van der Waals surface area contributed by atoms with Gasteiger partial charge in [0, 0.05) is 19.4 Å². The minimum Gasteiger partial charge on any atom is -0.466 e. The molecule has 6 nitrogen and oxygen atoms in total. The average Bonchev–Trinajstić information content (AvgIpc) is 3.08. The van der Waals surface area contributed by atoms with E-state index in [1.54, 1.807) is 0 Å². The van der Waals surface area contributed by atoms with Crippen molar-refractivity contribution in [1.29, 1.82) is 0 Å². The lowest BCUT2D eigenvalue weighted by Gasteiger charge is -2.21. The fourth-order valence-electron chi connectivity index (χ4n) is 5.98. The largest absolute Gasteiger partial charge is 0.466 e. The Morgan fingerprint density at radius 2 is 1.06 bits per heavy atom. The zero-order chi connectivity index (χ0) is 35.2. The molecule has 0 saturated heterocycles. The number of hydrogen-bond donors (Lipinski definition) is 1. The smallest absolute Gasteiger partial charge is 0.306 e. The summed E-state index contributed by atoms with van der Waals surface area (Å²) in [6.45, 7) is 10.2. The van der Waals surface area contributed by atoms with Crippen LogP contribution in [0.2, 0.25) is 0 Å². The van der Waals surface area contributed by atoms with Crippen LogP contribution in [-0.2, 0) is 19.1 Å². The number of ether oxygens (including phenoxy) is 2. The number of unbranched alkanes of at least 4 members (excludes halogenated alkanes) is 16. The predicted octanol–water partition coefficient (Wildman–Crippen LogP) is 11.4. The number of nitrogens with zero attached hydrogens (tertiary/aromatic N) is 1. The summed E-state index contributed by atoms with van der Waals surface area (Å²) in [7, 11) is 0. The molecule has 0 heterocycles. The molecule has 0 bridgehead atoms. The Balaban J connectivity index is 3.92. The molecule has 0 aromatic carbocycles. The molecule has 0 aliphatic heterocycles. The second-order valence-electron chi connectivity index (χ2n) is 13.7. The number of allylic oxidation sites excluding steroid dienone is 4. The van der Waals surface area contributed by atoms with Crippen LogP contribution in [0.3, 0.4) is 0 Å². The van der Waals surface area contributed by atoms with Crippen LogP contribution in [0.5, 0.6) is 0 Å². The second kappa shape index (κ2) is 38.1. The molecule has 0 spiro atoms. The molecule has 1 N–H and O–H groups in total. The van der Waals surface area contributed by atoms with Gasteiger partial charge in [-0.3, -0.25) is 9.59 Å². The summed E-state index contributed by atoms with van der Waals surface area (Å²) in [5, 5.41) is 9.51. The molecular weight excluding hydrogens is 598 g/mol. The summed E-state index contributed by atoms with van der Waals surface area (Å²) < 4.78 is 11.3. The molecule has 0 fully saturated rings. The van der Waals surface area contributed by atoms with Crippen molar-refractivity contribution in [1.82, 2.24) is 4.90 Å². The van der Waals surface area contributed by atoms with Crippen LogP contribution in [0, 0.1) is 0 Å². The Kier molecular flexibility index (Phi) is 36.8. The molecule has 0 aromatic heterocycles. The minimum absolute atomic E-state index is 0.0144. The third kappa shape index (κ3) is 34.2. The van der Waals surface area contributed by atoms with Crippen molar-refractivity contribution in [3.63, 3.8) is 0 Å². The van der Waals surface area contributed by atoms with Gasteiger partial charge in [0.15, 0.2) is 0 Å². The lowest BCUT2D eigenvalue weighted by molar-refractivity contribution is -0.150. The van der Waals surface area contributed by atoms with E-state index in [0.717, 1.165) is 129 Å². The van der Waals surface area contributed by atoms with Crippen LogP contribution in [-0.4, -0.2) is 60.9 Å². The van der Waals surface area contributed by atoms with E-state index < -0.39 is 0 Å². The third-order valence-electron chi connectivity index (χ3n) is 9.04. The van der Waals surface area contributed by atoms with Crippen molar-refractivity contribution in [2.75, 3.05) is 32.8 Å². The molecule has 6 heteroatoms. The number of carbonyl (C=O) groups is 2. The molecule has 48 heavy (non-hydrogen) atoms. The van der Waals surface area contributed by atoms with Crippen molar-refractivity contribution in [3.8, 4) is 0 Å². The van der Waals surface area contributed by atoms with Gasteiger partial charge in [-0.2, -0.15) is 0 Å². The van der Waals surface area contributed by atoms with Gasteiger partial charge < -0.3 is 19.5 Å². The zero-order valence-electron chi connectivity index (χ0n) is 32.0. The fourth-order valence-corrected chi connectivity index (χ4v) is 5.98. The average molecular weight is 678 g/mol. The Labute approximate surface area is 297 Å². The van der Waals surface area contributed by atoms with Crippen LogP contribution in [0.4, 0.5) is 0 Å². The first-order valence-corrected chi connectivity index (χ1v) is 20.6. The fraction of sp³-hybridized carbons (Fsp3) is 0.857. The van der Waals surface area contributed by atoms with Gasteiger partial charge in [0.25, 0.3) is 0 Å². The van der Waals surface area contributed by atoms with Crippen LogP contribution in [0.1, 0.15) is 194 Å². The highest BCUT2D eigenvalue weighted by Crippen LogP contribution is 2.15. The van der Waals surface area contributed by atoms with Crippen molar-refractivity contribution in [3.05, 3.63) is 24.3 Å². The number of carbonyl (C=O) groups excluding carboxylic acids is 2. The number of hydrogen-bond acceptors (Lipinski definition) is 6. The highest BCUT2D eigenvalue weighted by Gasteiger charge is 2.13. The van der Waals surface area contributed by atoms with Gasteiger partial charge in [-0.05, 0) is 83.7 Å². The normalized spacial score (nSPS) is 12.4. The van der Waals surface area contributed by atoms with E-state index in [-0.39, 0.29) is 24.6 Å².